The predicted molar refractivity (Wildman–Crippen MR) is 93.6 cm³/mol. The zero-order valence-electron chi connectivity index (χ0n) is 14.4. The van der Waals surface area contributed by atoms with Crippen LogP contribution < -0.4 is 4.72 Å². The highest BCUT2D eigenvalue weighted by Crippen LogP contribution is 2.20. The van der Waals surface area contributed by atoms with E-state index in [1.54, 1.807) is 12.1 Å². The Morgan fingerprint density at radius 3 is 2.18 bits per heavy atom. The monoisotopic (exact) mass is 325 g/mol. The molecule has 0 aliphatic carbocycles. The topological polar surface area (TPSA) is 46.2 Å². The van der Waals surface area contributed by atoms with Crippen LogP contribution in [0.5, 0.6) is 0 Å². The van der Waals surface area contributed by atoms with Crippen LogP contribution in [0.2, 0.25) is 0 Å². The van der Waals surface area contributed by atoms with Crippen LogP contribution in [0.1, 0.15) is 71.3 Å². The van der Waals surface area contributed by atoms with Gasteiger partial charge in [-0.25, -0.2) is 13.1 Å². The van der Waals surface area contributed by atoms with E-state index in [2.05, 4.69) is 32.4 Å². The lowest BCUT2D eigenvalue weighted by Crippen LogP contribution is -2.29. The Labute approximate surface area is 136 Å². The predicted octanol–water partition coefficient (Wildman–Crippen LogP) is 4.69. The van der Waals surface area contributed by atoms with Crippen molar-refractivity contribution in [1.29, 1.82) is 0 Å². The third-order valence-electron chi connectivity index (χ3n) is 4.48. The van der Waals surface area contributed by atoms with E-state index >= 15 is 0 Å². The highest BCUT2D eigenvalue weighted by Gasteiger charge is 2.16. The van der Waals surface area contributed by atoms with Gasteiger partial charge in [0.1, 0.15) is 0 Å². The van der Waals surface area contributed by atoms with E-state index < -0.39 is 10.0 Å². The van der Waals surface area contributed by atoms with E-state index in [9.17, 15) is 8.42 Å². The number of hydrogen-bond donors (Lipinski definition) is 1. The van der Waals surface area contributed by atoms with Crippen molar-refractivity contribution in [3.05, 3.63) is 29.8 Å². The third kappa shape index (κ3) is 5.73. The quantitative estimate of drug-likeness (QED) is 0.678. The first-order chi connectivity index (χ1) is 10.4. The van der Waals surface area contributed by atoms with E-state index in [1.165, 1.54) is 5.56 Å². The third-order valence-corrected chi connectivity index (χ3v) is 5.92. The molecule has 0 heterocycles. The summed E-state index contributed by atoms with van der Waals surface area (Å²) in [5.41, 5.74) is 1.19. The fourth-order valence-corrected chi connectivity index (χ4v) is 3.58. The van der Waals surface area contributed by atoms with Gasteiger partial charge in [-0.15, -0.1) is 0 Å². The smallest absolute Gasteiger partial charge is 0.211 e. The molecule has 1 N–H and O–H groups in total. The molecule has 4 heteroatoms. The van der Waals surface area contributed by atoms with Crippen LogP contribution >= 0.6 is 0 Å². The van der Waals surface area contributed by atoms with Crippen molar-refractivity contribution < 1.29 is 8.42 Å². The number of rotatable bonds is 10. The summed E-state index contributed by atoms with van der Waals surface area (Å²) < 4.78 is 27.5. The van der Waals surface area contributed by atoms with Crippen LogP contribution in [0.3, 0.4) is 0 Å². The normalized spacial score (nSPS) is 14.7. The van der Waals surface area contributed by atoms with Crippen molar-refractivity contribution in [2.24, 2.45) is 5.92 Å². The Morgan fingerprint density at radius 2 is 1.68 bits per heavy atom. The molecule has 0 radical (unpaired) electrons. The number of unbranched alkanes of at least 4 members (excludes halogenated alkanes) is 1. The molecule has 0 bridgehead atoms. The summed E-state index contributed by atoms with van der Waals surface area (Å²) in [5, 5.41) is 0. The van der Waals surface area contributed by atoms with Crippen LogP contribution in [0.15, 0.2) is 29.2 Å². The van der Waals surface area contributed by atoms with Crippen molar-refractivity contribution in [2.75, 3.05) is 6.54 Å². The molecule has 2 atom stereocenters. The first kappa shape index (κ1) is 19.2. The van der Waals surface area contributed by atoms with Crippen molar-refractivity contribution in [3.63, 3.8) is 0 Å². The summed E-state index contributed by atoms with van der Waals surface area (Å²) in [6, 6.07) is 7.29. The van der Waals surface area contributed by atoms with Gasteiger partial charge in [0, 0.05) is 6.54 Å². The molecule has 22 heavy (non-hydrogen) atoms. The zero-order valence-corrected chi connectivity index (χ0v) is 15.2. The zero-order chi connectivity index (χ0) is 16.6. The summed E-state index contributed by atoms with van der Waals surface area (Å²) in [6.45, 7) is 9.11. The first-order valence-electron chi connectivity index (χ1n) is 8.54. The molecular weight excluding hydrogens is 294 g/mol. The Balaban J connectivity index is 2.69. The summed E-state index contributed by atoms with van der Waals surface area (Å²) in [5.74, 6) is 0.886. The molecule has 0 aliphatic rings. The van der Waals surface area contributed by atoms with Gasteiger partial charge in [0.25, 0.3) is 0 Å². The number of benzene rings is 1. The SMILES string of the molecule is CCCCC(CC)CNS(=O)(=O)c1ccc(C(C)CC)cc1. The summed E-state index contributed by atoms with van der Waals surface area (Å²) in [6.07, 6.45) is 5.46. The molecule has 126 valence electrons. The molecule has 0 amide bonds. The Kier molecular flexibility index (Phi) is 8.12. The molecule has 0 aliphatic heterocycles. The number of nitrogens with one attached hydrogen (secondary N) is 1. The van der Waals surface area contributed by atoms with Gasteiger partial charge in [0.15, 0.2) is 0 Å². The lowest BCUT2D eigenvalue weighted by molar-refractivity contribution is 0.443. The molecule has 0 saturated heterocycles. The van der Waals surface area contributed by atoms with E-state index in [0.29, 0.717) is 23.3 Å². The highest BCUT2D eigenvalue weighted by atomic mass is 32.2. The van der Waals surface area contributed by atoms with Crippen LogP contribution in [-0.4, -0.2) is 15.0 Å². The van der Waals surface area contributed by atoms with Gasteiger partial charge >= 0.3 is 0 Å². The van der Waals surface area contributed by atoms with Gasteiger partial charge in [0.05, 0.1) is 4.90 Å². The molecule has 0 spiro atoms. The van der Waals surface area contributed by atoms with E-state index in [1.807, 2.05) is 12.1 Å². The number of sulfonamides is 1. The second-order valence-electron chi connectivity index (χ2n) is 6.15. The summed E-state index contributed by atoms with van der Waals surface area (Å²) in [7, 11) is -3.39. The average molecular weight is 326 g/mol. The van der Waals surface area contributed by atoms with Crippen LogP contribution in [-0.2, 0) is 10.0 Å². The largest absolute Gasteiger partial charge is 0.240 e. The van der Waals surface area contributed by atoms with Gasteiger partial charge in [0.2, 0.25) is 10.0 Å². The average Bonchev–Trinajstić information content (AvgIpc) is 2.54. The summed E-state index contributed by atoms with van der Waals surface area (Å²) in [4.78, 5) is 0.366. The second kappa shape index (κ2) is 9.31. The van der Waals surface area contributed by atoms with Crippen molar-refractivity contribution in [2.45, 2.75) is 70.6 Å². The Hall–Kier alpha value is -0.870. The summed E-state index contributed by atoms with van der Waals surface area (Å²) >= 11 is 0. The Morgan fingerprint density at radius 1 is 1.05 bits per heavy atom. The minimum absolute atomic E-state index is 0.366. The molecule has 3 nitrogen and oxygen atoms in total. The lowest BCUT2D eigenvalue weighted by atomic mass is 9.99. The minimum atomic E-state index is -3.39. The van der Waals surface area contributed by atoms with Crippen molar-refractivity contribution in [1.82, 2.24) is 4.72 Å². The van der Waals surface area contributed by atoms with Gasteiger partial charge in [-0.05, 0) is 42.4 Å². The molecule has 0 saturated carbocycles. The van der Waals surface area contributed by atoms with E-state index in [-0.39, 0.29) is 0 Å². The van der Waals surface area contributed by atoms with Crippen LogP contribution in [0.25, 0.3) is 0 Å². The molecule has 1 rings (SSSR count). The highest BCUT2D eigenvalue weighted by molar-refractivity contribution is 7.89. The molecule has 0 aromatic heterocycles. The fraction of sp³-hybridized carbons (Fsp3) is 0.667. The maximum atomic E-state index is 12.4. The van der Waals surface area contributed by atoms with Gasteiger partial charge in [-0.1, -0.05) is 59.1 Å². The van der Waals surface area contributed by atoms with Crippen LogP contribution in [0.4, 0.5) is 0 Å². The fourth-order valence-electron chi connectivity index (χ4n) is 2.47. The number of hydrogen-bond acceptors (Lipinski definition) is 2. The molecule has 2 unspecified atom stereocenters. The first-order valence-corrected chi connectivity index (χ1v) is 10.0. The van der Waals surface area contributed by atoms with Gasteiger partial charge < -0.3 is 0 Å². The molecular formula is C18H31NO2S. The van der Waals surface area contributed by atoms with Gasteiger partial charge in [-0.2, -0.15) is 0 Å². The van der Waals surface area contributed by atoms with E-state index in [0.717, 1.165) is 32.1 Å². The van der Waals surface area contributed by atoms with Crippen molar-refractivity contribution >= 4 is 10.0 Å². The molecule has 1 aromatic carbocycles. The molecule has 1 aromatic rings. The van der Waals surface area contributed by atoms with E-state index in [4.69, 9.17) is 0 Å². The standard InChI is InChI=1S/C18H31NO2S/c1-5-8-9-16(7-3)14-19-22(20,21)18-12-10-17(11-13-18)15(4)6-2/h10-13,15-16,19H,5-9,14H2,1-4H3. The lowest BCUT2D eigenvalue weighted by Gasteiger charge is -2.16. The Bertz CT molecular complexity index is 523. The maximum absolute atomic E-state index is 12.4. The minimum Gasteiger partial charge on any atom is -0.211 e. The van der Waals surface area contributed by atoms with Gasteiger partial charge in [-0.3, -0.25) is 0 Å². The molecule has 0 fully saturated rings. The van der Waals surface area contributed by atoms with Crippen molar-refractivity contribution in [3.8, 4) is 0 Å². The maximum Gasteiger partial charge on any atom is 0.240 e. The van der Waals surface area contributed by atoms with Crippen LogP contribution in [0, 0.1) is 5.92 Å². The second-order valence-corrected chi connectivity index (χ2v) is 7.91.